The van der Waals surface area contributed by atoms with Crippen molar-refractivity contribution in [2.45, 2.75) is 76.6 Å². The first-order valence-corrected chi connectivity index (χ1v) is 25.5. The van der Waals surface area contributed by atoms with Gasteiger partial charge in [-0.05, 0) is 106 Å². The number of likely N-dealkylation sites (tertiary alicyclic amines) is 2. The van der Waals surface area contributed by atoms with Crippen molar-refractivity contribution in [3.8, 4) is 5.75 Å². The number of imide groups is 1. The molecule has 330 valence electrons. The second-order valence-electron chi connectivity index (χ2n) is 18.9. The zero-order valence-electron chi connectivity index (χ0n) is 37.0. The van der Waals surface area contributed by atoms with Crippen LogP contribution in [0.2, 0.25) is 5.04 Å². The predicted octanol–water partition coefficient (Wildman–Crippen LogP) is 9.43. The van der Waals surface area contributed by atoms with Crippen LogP contribution in [0.1, 0.15) is 69.7 Å². The van der Waals surface area contributed by atoms with Gasteiger partial charge in [0.05, 0.1) is 36.8 Å². The zero-order chi connectivity index (χ0) is 44.4. The van der Waals surface area contributed by atoms with E-state index in [1.165, 1.54) is 15.9 Å². The van der Waals surface area contributed by atoms with Crippen LogP contribution in [0, 0.1) is 17.8 Å². The van der Waals surface area contributed by atoms with Gasteiger partial charge in [-0.2, -0.15) is 0 Å². The molecule has 9 rings (SSSR count). The van der Waals surface area contributed by atoms with Gasteiger partial charge in [-0.1, -0.05) is 134 Å². The second-order valence-corrected chi connectivity index (χ2v) is 24.2. The number of benzene rings is 4. The number of aromatic nitrogens is 1. The van der Waals surface area contributed by atoms with Crippen LogP contribution in [0.15, 0.2) is 149 Å². The number of phenols is 1. The van der Waals surface area contributed by atoms with Crippen molar-refractivity contribution >= 4 is 58.1 Å². The summed E-state index contributed by atoms with van der Waals surface area (Å²) in [4.78, 5) is 38.5. The van der Waals surface area contributed by atoms with Crippen molar-refractivity contribution in [2.75, 3.05) is 26.3 Å². The third-order valence-electron chi connectivity index (χ3n) is 14.1. The molecule has 0 spiro atoms. The second kappa shape index (κ2) is 18.9. The van der Waals surface area contributed by atoms with E-state index in [-0.39, 0.29) is 40.7 Å². The fourth-order valence-corrected chi connectivity index (χ4v) is 16.0. The lowest BCUT2D eigenvalue weighted by molar-refractivity contribution is -0.144. The number of pyridine rings is 1. The van der Waals surface area contributed by atoms with Gasteiger partial charge in [-0.25, -0.2) is 0 Å². The molecule has 64 heavy (non-hydrogen) atoms. The number of phenolic OH excluding ortho intramolecular Hbond substituents is 1. The van der Waals surface area contributed by atoms with Crippen molar-refractivity contribution < 1.29 is 23.9 Å². The number of allylic oxidation sites excluding steroid dienone is 1. The number of piperidine rings is 1. The normalized spacial score (nSPS) is 22.2. The Morgan fingerprint density at radius 3 is 2.16 bits per heavy atom. The minimum atomic E-state index is -2.96. The molecule has 0 radical (unpaired) electrons. The molecule has 1 aromatic heterocycles. The standard InChI is InChI=1S/C54H58BrN3O5Si/c1-54(2,3)64(43-17-9-5-10-18-43,44-19-11-6-12-20-44)63-35-40-33-45-51(53(61)58(52(45)60)42-26-29-57(30-27-42)34-37-15-7-4-8-16-37)46-36-62-49(50(40)46)25-22-38(47-21-13-14-28-56-47)31-39-32-41(55)23-24-48(39)59/h4-21,23-24,28,31-32,42,45-46,49,51,59H,22,25-27,29-30,33-36H2,1-3H3/b38-31-/t45-,46+,49-,51-/m1/s1. The van der Waals surface area contributed by atoms with Crippen LogP contribution >= 0.6 is 15.9 Å². The maximum Gasteiger partial charge on any atom is 0.261 e. The van der Waals surface area contributed by atoms with Gasteiger partial charge in [0.25, 0.3) is 8.32 Å². The first-order chi connectivity index (χ1) is 31.0. The van der Waals surface area contributed by atoms with Gasteiger partial charge in [-0.3, -0.25) is 24.4 Å². The van der Waals surface area contributed by atoms with Crippen molar-refractivity contribution in [3.05, 3.63) is 166 Å². The summed E-state index contributed by atoms with van der Waals surface area (Å²) in [5.41, 5.74) is 5.99. The highest BCUT2D eigenvalue weighted by Gasteiger charge is 2.59. The van der Waals surface area contributed by atoms with Crippen LogP contribution < -0.4 is 10.4 Å². The number of halogens is 1. The third kappa shape index (κ3) is 8.75. The number of nitrogens with zero attached hydrogens (tertiary/aromatic N) is 3. The Morgan fingerprint density at radius 1 is 0.859 bits per heavy atom. The number of hydrogen-bond donors (Lipinski definition) is 1. The summed E-state index contributed by atoms with van der Waals surface area (Å²) in [5, 5.41) is 13.0. The van der Waals surface area contributed by atoms with E-state index in [1.54, 1.807) is 17.2 Å². The fourth-order valence-electron chi connectivity index (χ4n) is 11.1. The first-order valence-electron chi connectivity index (χ1n) is 22.8. The number of fused-ring (bicyclic) bond motifs is 3. The van der Waals surface area contributed by atoms with E-state index in [0.717, 1.165) is 59.4 Å². The minimum absolute atomic E-state index is 0.0313. The van der Waals surface area contributed by atoms with E-state index < -0.39 is 20.2 Å². The lowest BCUT2D eigenvalue weighted by atomic mass is 9.69. The molecule has 1 aliphatic carbocycles. The van der Waals surface area contributed by atoms with Gasteiger partial charge in [0, 0.05) is 47.8 Å². The minimum Gasteiger partial charge on any atom is -0.507 e. The van der Waals surface area contributed by atoms with Crippen LogP contribution in [-0.2, 0) is 25.3 Å². The monoisotopic (exact) mass is 935 g/mol. The Balaban J connectivity index is 1.05. The molecule has 2 amide bonds. The number of carbonyl (C=O) groups excluding carboxylic acids is 2. The number of aromatic hydroxyl groups is 1. The van der Waals surface area contributed by atoms with Crippen LogP contribution in [-0.4, -0.2) is 78.5 Å². The molecule has 4 heterocycles. The molecule has 4 atom stereocenters. The maximum atomic E-state index is 14.9. The maximum absolute atomic E-state index is 14.9. The van der Waals surface area contributed by atoms with Crippen LogP contribution in [0.25, 0.3) is 11.6 Å². The Hall–Kier alpha value is -4.97. The van der Waals surface area contributed by atoms with E-state index in [1.807, 2.05) is 42.5 Å². The molecule has 1 N–H and O–H groups in total. The van der Waals surface area contributed by atoms with Crippen molar-refractivity contribution in [1.29, 1.82) is 0 Å². The summed E-state index contributed by atoms with van der Waals surface area (Å²) < 4.78 is 15.3. The molecule has 3 aliphatic heterocycles. The van der Waals surface area contributed by atoms with Crippen molar-refractivity contribution in [2.24, 2.45) is 17.8 Å². The summed E-state index contributed by atoms with van der Waals surface area (Å²) >= 11 is 3.58. The number of hydrogen-bond acceptors (Lipinski definition) is 7. The van der Waals surface area contributed by atoms with E-state index in [0.29, 0.717) is 38.0 Å². The Labute approximate surface area is 387 Å². The molecular formula is C54H58BrN3O5Si. The highest BCUT2D eigenvalue weighted by molar-refractivity contribution is 9.10. The molecule has 3 fully saturated rings. The van der Waals surface area contributed by atoms with Crippen LogP contribution in [0.4, 0.5) is 0 Å². The molecule has 5 aromatic rings. The van der Waals surface area contributed by atoms with E-state index in [4.69, 9.17) is 14.1 Å². The van der Waals surface area contributed by atoms with Gasteiger partial charge in [-0.15, -0.1) is 0 Å². The number of carbonyl (C=O) groups is 2. The largest absolute Gasteiger partial charge is 0.507 e. The lowest BCUT2D eigenvalue weighted by Crippen LogP contribution is -2.66. The van der Waals surface area contributed by atoms with Crippen molar-refractivity contribution in [3.63, 3.8) is 0 Å². The molecule has 4 aliphatic rings. The molecule has 10 heteroatoms. The Kier molecular flexibility index (Phi) is 13.0. The number of amides is 2. The molecular weight excluding hydrogens is 879 g/mol. The highest BCUT2D eigenvalue weighted by atomic mass is 79.9. The summed E-state index contributed by atoms with van der Waals surface area (Å²) in [7, 11) is -2.96. The Morgan fingerprint density at radius 2 is 1.52 bits per heavy atom. The SMILES string of the molecule is CC(C)(C)[Si](OCC1=C2[C@@H](CC/C(=C/c3cc(Br)ccc3O)c3ccccn3)OC[C@@H]2[C@@H]2C(=O)N(C3CCN(Cc4ccccc4)CC3)C(=O)[C@@H]2C1)(c1ccccc1)c1ccccc1. The van der Waals surface area contributed by atoms with Gasteiger partial charge < -0.3 is 14.3 Å². The third-order valence-corrected chi connectivity index (χ3v) is 19.6. The van der Waals surface area contributed by atoms with E-state index in [2.05, 4.69) is 127 Å². The summed E-state index contributed by atoms with van der Waals surface area (Å²) in [5.74, 6) is -1.01. The number of ether oxygens (including phenoxy) is 1. The van der Waals surface area contributed by atoms with Gasteiger partial charge in [0.1, 0.15) is 5.75 Å². The molecule has 4 aromatic carbocycles. The zero-order valence-corrected chi connectivity index (χ0v) is 39.6. The molecule has 3 saturated heterocycles. The molecule has 0 bridgehead atoms. The van der Waals surface area contributed by atoms with Crippen LogP contribution in [0.5, 0.6) is 5.75 Å². The summed E-state index contributed by atoms with van der Waals surface area (Å²) in [6, 6.07) is 43.0. The Bertz CT molecular complexity index is 2460. The highest BCUT2D eigenvalue weighted by Crippen LogP contribution is 2.51. The van der Waals surface area contributed by atoms with Gasteiger partial charge in [0.2, 0.25) is 11.8 Å². The van der Waals surface area contributed by atoms with Gasteiger partial charge >= 0.3 is 0 Å². The topological polar surface area (TPSA) is 92.2 Å². The van der Waals surface area contributed by atoms with Gasteiger partial charge in [0.15, 0.2) is 0 Å². The first kappa shape index (κ1) is 44.2. The molecule has 8 nitrogen and oxygen atoms in total. The summed E-state index contributed by atoms with van der Waals surface area (Å²) in [6.45, 7) is 10.1. The lowest BCUT2D eigenvalue weighted by Gasteiger charge is -2.44. The van der Waals surface area contributed by atoms with Crippen LogP contribution in [0.3, 0.4) is 0 Å². The fraction of sp³-hybridized carbons (Fsp3) is 0.352. The smallest absolute Gasteiger partial charge is 0.261 e. The van der Waals surface area contributed by atoms with E-state index in [9.17, 15) is 14.7 Å². The average Bonchev–Trinajstić information content (AvgIpc) is 3.84. The average molecular weight is 937 g/mol. The van der Waals surface area contributed by atoms with Crippen molar-refractivity contribution in [1.82, 2.24) is 14.8 Å². The molecule has 0 unspecified atom stereocenters. The predicted molar refractivity (Wildman–Crippen MR) is 259 cm³/mol. The number of rotatable bonds is 13. The summed E-state index contributed by atoms with van der Waals surface area (Å²) in [6.07, 6.45) is 6.77. The quantitative estimate of drug-likeness (QED) is 0.0715. The molecule has 0 saturated carbocycles. The van der Waals surface area contributed by atoms with E-state index >= 15 is 0 Å².